The Morgan fingerprint density at radius 1 is 1.17 bits per heavy atom. The summed E-state index contributed by atoms with van der Waals surface area (Å²) in [6.07, 6.45) is 4.51. The molecule has 1 saturated heterocycles. The number of nitrogens with one attached hydrogen (secondary N) is 2. The number of aryl methyl sites for hydroxylation is 1. The maximum atomic E-state index is 13.7. The molecule has 12 heteroatoms. The zero-order valence-corrected chi connectivity index (χ0v) is 28.0. The Bertz CT molecular complexity index is 1960. The lowest BCUT2D eigenvalue weighted by Crippen LogP contribution is -2.50. The van der Waals surface area contributed by atoms with E-state index in [9.17, 15) is 19.6 Å². The summed E-state index contributed by atoms with van der Waals surface area (Å²) >= 11 is 1.20. The van der Waals surface area contributed by atoms with Gasteiger partial charge in [0.15, 0.2) is 0 Å². The Labute approximate surface area is 282 Å². The van der Waals surface area contributed by atoms with Gasteiger partial charge < -0.3 is 25.0 Å². The van der Waals surface area contributed by atoms with E-state index in [0.29, 0.717) is 69.6 Å². The van der Waals surface area contributed by atoms with Gasteiger partial charge in [0.2, 0.25) is 0 Å². The van der Waals surface area contributed by atoms with Crippen LogP contribution in [0.5, 0.6) is 11.5 Å². The van der Waals surface area contributed by atoms with Crippen molar-refractivity contribution in [1.82, 2.24) is 15.2 Å². The first-order chi connectivity index (χ1) is 23.1. The van der Waals surface area contributed by atoms with Gasteiger partial charge >= 0.3 is 6.03 Å². The predicted octanol–water partition coefficient (Wildman–Crippen LogP) is 7.07. The highest BCUT2D eigenvalue weighted by atomic mass is 32.1. The Hall–Kier alpha value is -5.25. The van der Waals surface area contributed by atoms with E-state index in [4.69, 9.17) is 9.47 Å². The number of nitrogens with zero attached hydrogens (tertiary/aromatic N) is 4. The van der Waals surface area contributed by atoms with Crippen molar-refractivity contribution in [2.24, 2.45) is 0 Å². The average molecular weight is 665 g/mol. The lowest BCUT2D eigenvalue weighted by Gasteiger charge is -2.33. The quantitative estimate of drug-likeness (QED) is 0.144. The highest BCUT2D eigenvalue weighted by Gasteiger charge is 2.35. The molecule has 2 aliphatic rings. The van der Waals surface area contributed by atoms with Gasteiger partial charge in [0, 0.05) is 31.9 Å². The van der Waals surface area contributed by atoms with E-state index in [-0.39, 0.29) is 24.1 Å². The lowest BCUT2D eigenvalue weighted by atomic mass is 10.0. The fourth-order valence-corrected chi connectivity index (χ4v) is 7.18. The molecule has 4 heterocycles. The minimum Gasteiger partial charge on any atom is -0.457 e. The van der Waals surface area contributed by atoms with Crippen LogP contribution in [0.4, 0.5) is 21.9 Å². The van der Waals surface area contributed by atoms with Gasteiger partial charge in [0.25, 0.3) is 11.8 Å². The number of para-hydroxylation sites is 1. The number of rotatable bonds is 9. The third kappa shape index (κ3) is 6.60. The maximum Gasteiger partial charge on any atom is 0.331 e. The molecular formula is C36H36N6O5S. The largest absolute Gasteiger partial charge is 0.457 e. The number of amides is 4. The molecule has 246 valence electrons. The minimum absolute atomic E-state index is 0.00817. The molecule has 1 unspecified atom stereocenters. The summed E-state index contributed by atoms with van der Waals surface area (Å²) in [4.78, 5) is 49.4. The van der Waals surface area contributed by atoms with Gasteiger partial charge in [0.1, 0.15) is 32.8 Å². The molecule has 2 aromatic carbocycles. The second-order valence-corrected chi connectivity index (χ2v) is 13.2. The summed E-state index contributed by atoms with van der Waals surface area (Å²) in [5.41, 5.74) is 1.77. The molecule has 48 heavy (non-hydrogen) atoms. The normalized spacial score (nSPS) is 16.4. The van der Waals surface area contributed by atoms with E-state index >= 15 is 0 Å². The van der Waals surface area contributed by atoms with Crippen molar-refractivity contribution >= 4 is 56.5 Å². The molecule has 4 aromatic rings. The molecule has 0 radical (unpaired) electrons. The summed E-state index contributed by atoms with van der Waals surface area (Å²) in [5.74, 6) is 0.603. The summed E-state index contributed by atoms with van der Waals surface area (Å²) in [6.45, 7) is 8.54. The van der Waals surface area contributed by atoms with Crippen LogP contribution in [0.2, 0.25) is 0 Å². The van der Waals surface area contributed by atoms with Crippen molar-refractivity contribution < 1.29 is 23.9 Å². The van der Waals surface area contributed by atoms with E-state index in [1.54, 1.807) is 42.0 Å². The fraction of sp³-hybridized carbons (Fsp3) is 0.306. The molecule has 4 amide bonds. The second-order valence-electron chi connectivity index (χ2n) is 12.2. The van der Waals surface area contributed by atoms with Crippen molar-refractivity contribution in [2.75, 3.05) is 29.9 Å². The van der Waals surface area contributed by atoms with Crippen LogP contribution >= 0.6 is 11.3 Å². The average Bonchev–Trinajstić information content (AvgIpc) is 3.44. The molecular weight excluding hydrogens is 628 g/mol. The number of piperidine rings is 1. The minimum atomic E-state index is -0.771. The summed E-state index contributed by atoms with van der Waals surface area (Å²) in [7, 11) is 0. The van der Waals surface area contributed by atoms with Crippen LogP contribution in [0.3, 0.4) is 0 Å². The fourth-order valence-electron chi connectivity index (χ4n) is 6.15. The summed E-state index contributed by atoms with van der Waals surface area (Å²) in [6, 6.07) is 18.0. The molecule has 2 aromatic heterocycles. The third-order valence-corrected chi connectivity index (χ3v) is 9.34. The second kappa shape index (κ2) is 13.5. The monoisotopic (exact) mass is 664 g/mol. The molecule has 0 bridgehead atoms. The number of likely N-dealkylation sites (tertiary alicyclic amines) is 1. The number of pyridine rings is 1. The summed E-state index contributed by atoms with van der Waals surface area (Å²) in [5, 5.41) is 16.4. The van der Waals surface area contributed by atoms with Crippen molar-refractivity contribution in [3.63, 3.8) is 0 Å². The van der Waals surface area contributed by atoms with Gasteiger partial charge in [-0.2, -0.15) is 5.26 Å². The molecule has 0 spiro atoms. The van der Waals surface area contributed by atoms with Gasteiger partial charge in [-0.3, -0.25) is 14.5 Å². The van der Waals surface area contributed by atoms with Crippen LogP contribution in [0.15, 0.2) is 72.4 Å². The van der Waals surface area contributed by atoms with Crippen LogP contribution < -0.4 is 20.3 Å². The van der Waals surface area contributed by atoms with Crippen molar-refractivity contribution in [3.8, 4) is 17.6 Å². The maximum absolute atomic E-state index is 13.7. The van der Waals surface area contributed by atoms with Crippen molar-refractivity contribution in [3.05, 3.63) is 82.9 Å². The van der Waals surface area contributed by atoms with E-state index in [2.05, 4.69) is 15.6 Å². The third-order valence-electron chi connectivity index (χ3n) is 8.24. The van der Waals surface area contributed by atoms with Crippen LogP contribution in [0.1, 0.15) is 48.8 Å². The highest BCUT2D eigenvalue weighted by molar-refractivity contribution is 7.21. The number of nitriles is 1. The summed E-state index contributed by atoms with van der Waals surface area (Å²) < 4.78 is 11.6. The number of ether oxygens (including phenoxy) is 2. The van der Waals surface area contributed by atoms with Gasteiger partial charge in [-0.25, -0.2) is 9.78 Å². The van der Waals surface area contributed by atoms with Gasteiger partial charge in [-0.05, 0) is 88.6 Å². The van der Waals surface area contributed by atoms with Gasteiger partial charge in [-0.1, -0.05) is 18.2 Å². The van der Waals surface area contributed by atoms with Gasteiger partial charge in [-0.15, -0.1) is 11.3 Å². The number of hydrogen-bond acceptors (Lipinski definition) is 8. The van der Waals surface area contributed by atoms with Crippen molar-refractivity contribution in [1.29, 1.82) is 5.26 Å². The molecule has 11 nitrogen and oxygen atoms in total. The first kappa shape index (κ1) is 32.7. The number of aromatic nitrogens is 1. The van der Waals surface area contributed by atoms with E-state index in [1.165, 1.54) is 11.3 Å². The number of anilines is 3. The first-order valence-corrected chi connectivity index (χ1v) is 16.6. The van der Waals surface area contributed by atoms with Crippen LogP contribution in [0.25, 0.3) is 10.2 Å². The highest BCUT2D eigenvalue weighted by Crippen LogP contribution is 2.46. The standard InChI is InChI=1S/C36H36N6O5S/c1-5-46-36(3,4)19-23(20-37)34(44)41-17-9-10-24(21-41)39-32(43)31-30-29-28(15-16-38-33(29)48-31)42(35(45)40-30)27-14-13-26(18-22(27)2)47-25-11-7-6-8-12-25/h6-8,11-16,18-19,24H,5,9-10,17,21H2,1-4H3,(H,39,43)(H,40,45). The zero-order valence-electron chi connectivity index (χ0n) is 27.2. The molecule has 1 atom stereocenters. The molecule has 0 aliphatic carbocycles. The number of carbonyl (C=O) groups is 3. The van der Waals surface area contributed by atoms with E-state index in [0.717, 1.165) is 5.56 Å². The van der Waals surface area contributed by atoms with Gasteiger partial charge in [0.05, 0.1) is 28.0 Å². The Balaban J connectivity index is 1.22. The SMILES string of the molecule is CCOC(C)(C)C=C(C#N)C(=O)N1CCCC(NC(=O)c2sc3nccc4c3c2NC(=O)N4c2ccc(Oc3ccccc3)cc2C)C1. The molecule has 2 N–H and O–H groups in total. The smallest absolute Gasteiger partial charge is 0.331 e. The Kier molecular flexibility index (Phi) is 9.17. The number of hydrogen-bond donors (Lipinski definition) is 2. The topological polar surface area (TPSA) is 137 Å². The van der Waals surface area contributed by atoms with Crippen LogP contribution in [-0.4, -0.2) is 59.1 Å². The van der Waals surface area contributed by atoms with Crippen LogP contribution in [-0.2, 0) is 9.53 Å². The van der Waals surface area contributed by atoms with E-state index in [1.807, 2.05) is 68.4 Å². The van der Waals surface area contributed by atoms with Crippen LogP contribution in [0, 0.1) is 18.3 Å². The zero-order chi connectivity index (χ0) is 34.0. The Morgan fingerprint density at radius 2 is 1.96 bits per heavy atom. The predicted molar refractivity (Wildman–Crippen MR) is 185 cm³/mol. The molecule has 0 saturated carbocycles. The molecule has 6 rings (SSSR count). The number of carbonyl (C=O) groups excluding carboxylic acids is 3. The first-order valence-electron chi connectivity index (χ1n) is 15.8. The Morgan fingerprint density at radius 3 is 2.69 bits per heavy atom. The number of benzene rings is 2. The molecule has 1 fully saturated rings. The number of urea groups is 1. The molecule has 2 aliphatic heterocycles. The lowest BCUT2D eigenvalue weighted by molar-refractivity contribution is -0.128. The van der Waals surface area contributed by atoms with Crippen molar-refractivity contribution in [2.45, 2.75) is 52.2 Å². The van der Waals surface area contributed by atoms with E-state index < -0.39 is 17.5 Å². The number of thiophene rings is 1.